The van der Waals surface area contributed by atoms with E-state index in [1.54, 1.807) is 117 Å². The largest absolute Gasteiger partial charge is 0.497 e. The average molecular weight is 1790 g/mol. The zero-order valence-electron chi connectivity index (χ0n) is 62.7. The number of halogens is 10. The number of nitrogens with two attached hydrogens (primary N) is 3. The number of carbonyl (C=O) groups is 2. The topological polar surface area (TPSA) is 311 Å². The lowest BCUT2D eigenvalue weighted by atomic mass is 10.2. The van der Waals surface area contributed by atoms with Gasteiger partial charge in [0.05, 0.1) is 89.7 Å². The van der Waals surface area contributed by atoms with E-state index in [0.29, 0.717) is 100 Å². The van der Waals surface area contributed by atoms with Gasteiger partial charge in [-0.05, 0) is 165 Å². The van der Waals surface area contributed by atoms with Crippen LogP contribution in [0.15, 0.2) is 110 Å². The molecule has 3 heterocycles. The molecule has 2 amide bonds. The molecule has 6 aromatic carbocycles. The number of nitrogens with one attached hydrogen (secondary N) is 5. The summed E-state index contributed by atoms with van der Waals surface area (Å²) in [6, 6.07) is 27.0. The second-order valence-electron chi connectivity index (χ2n) is 23.8. The first kappa shape index (κ1) is 93.6. The Hall–Kier alpha value is -7.73. The third kappa shape index (κ3) is 34.2. The molecule has 3 aromatic heterocycles. The third-order valence-corrected chi connectivity index (χ3v) is 18.9. The molecule has 0 unspecified atom stereocenters. The van der Waals surface area contributed by atoms with E-state index >= 15 is 0 Å². The number of rotatable bonds is 21. The van der Waals surface area contributed by atoms with Crippen LogP contribution in [0.5, 0.6) is 46.0 Å². The van der Waals surface area contributed by atoms with Crippen molar-refractivity contribution in [1.29, 1.82) is 0 Å². The molecule has 0 spiro atoms. The fourth-order valence-corrected chi connectivity index (χ4v) is 11.5. The lowest BCUT2D eigenvalue weighted by Crippen LogP contribution is -2.11. The van der Waals surface area contributed by atoms with Gasteiger partial charge in [-0.3, -0.25) is 9.59 Å². The predicted molar refractivity (Wildman–Crippen MR) is 456 cm³/mol. The van der Waals surface area contributed by atoms with Crippen LogP contribution in [-0.2, 0) is 27.1 Å². The molecule has 0 bridgehead atoms. The van der Waals surface area contributed by atoms with E-state index < -0.39 is 0 Å². The number of anilines is 7. The molecule has 109 heavy (non-hydrogen) atoms. The molecule has 11 N–H and O–H groups in total. The van der Waals surface area contributed by atoms with Crippen LogP contribution < -0.4 is 81.7 Å². The van der Waals surface area contributed by atoms with Crippen LogP contribution in [-0.4, -0.2) is 107 Å². The normalized spacial score (nSPS) is 11.3. The molecule has 0 saturated heterocycles. The number of pyridine rings is 1. The quantitative estimate of drug-likeness (QED) is 0.00827. The van der Waals surface area contributed by atoms with Crippen molar-refractivity contribution < 1.29 is 47.5 Å². The van der Waals surface area contributed by atoms with Crippen LogP contribution in [0.3, 0.4) is 0 Å². The molecule has 0 aliphatic heterocycles. The average Bonchev–Trinajstić information content (AvgIpc) is 1.66. The molecule has 23 nitrogen and oxygen atoms in total. The highest BCUT2D eigenvalue weighted by Crippen LogP contribution is 2.40. The summed E-state index contributed by atoms with van der Waals surface area (Å²) in [7, 11) is 12.7. The highest BCUT2D eigenvalue weighted by atomic mass is 127. The first-order valence-electron chi connectivity index (χ1n) is 33.2. The van der Waals surface area contributed by atoms with Crippen LogP contribution in [0.4, 0.5) is 39.9 Å². The van der Waals surface area contributed by atoms with E-state index in [-0.39, 0.29) is 27.5 Å². The molecule has 0 radical (unpaired) electrons. The van der Waals surface area contributed by atoms with Gasteiger partial charge in [-0.15, -0.1) is 0 Å². The van der Waals surface area contributed by atoms with Gasteiger partial charge < -0.3 is 81.7 Å². The highest BCUT2D eigenvalue weighted by molar-refractivity contribution is 14.1. The molecule has 590 valence electrons. The summed E-state index contributed by atoms with van der Waals surface area (Å²) in [4.78, 5) is 41.7. The van der Waals surface area contributed by atoms with E-state index in [4.69, 9.17) is 160 Å². The second-order valence-corrected chi connectivity index (χ2v) is 27.9. The predicted octanol–water partition coefficient (Wildman–Crippen LogP) is 20.4. The molecular formula is C76H91Cl9IN13O10. The Morgan fingerprint density at radius 3 is 1.37 bits per heavy atom. The number of alkyl halides is 1. The van der Waals surface area contributed by atoms with Crippen LogP contribution in [0, 0.1) is 39.5 Å². The van der Waals surface area contributed by atoms with Crippen molar-refractivity contribution in [1.82, 2.24) is 24.9 Å². The fourth-order valence-electron chi connectivity index (χ4n) is 8.97. The smallest absolute Gasteiger partial charge is 0.224 e. The van der Waals surface area contributed by atoms with Gasteiger partial charge in [0.2, 0.25) is 22.4 Å². The lowest BCUT2D eigenvalue weighted by molar-refractivity contribution is -0.115. The summed E-state index contributed by atoms with van der Waals surface area (Å²) in [5.41, 5.74) is 27.0. The number of aromatic nitrogens is 5. The number of hydrogen-bond donors (Lipinski definition) is 8. The van der Waals surface area contributed by atoms with Gasteiger partial charge in [0.25, 0.3) is 0 Å². The molecule has 0 atom stereocenters. The summed E-state index contributed by atoms with van der Waals surface area (Å²) in [6.45, 7) is 13.3. The van der Waals surface area contributed by atoms with Crippen molar-refractivity contribution in [3.05, 3.63) is 195 Å². The number of nitrogen functional groups attached to an aromatic ring is 2. The van der Waals surface area contributed by atoms with E-state index in [0.717, 1.165) is 97.2 Å². The van der Waals surface area contributed by atoms with Crippen molar-refractivity contribution >= 4 is 179 Å². The van der Waals surface area contributed by atoms with Gasteiger partial charge in [0, 0.05) is 133 Å². The number of methoxy groups -OCH3 is 8. The molecule has 33 heteroatoms. The summed E-state index contributed by atoms with van der Waals surface area (Å²) in [6.07, 6.45) is 10.3. The first-order valence-corrected chi connectivity index (χ1v) is 38.1. The van der Waals surface area contributed by atoms with Gasteiger partial charge in [-0.1, -0.05) is 104 Å². The number of aryl methyl sites for hydroxylation is 4. The zero-order chi connectivity index (χ0) is 81.0. The molecule has 9 aromatic rings. The Balaban J connectivity index is 0.000000273. The number of nitrogens with zero attached hydrogens (tertiary/aromatic N) is 5. The summed E-state index contributed by atoms with van der Waals surface area (Å²) >= 11 is 55.6. The Morgan fingerprint density at radius 2 is 0.917 bits per heavy atom. The highest BCUT2D eigenvalue weighted by Gasteiger charge is 2.22. The summed E-state index contributed by atoms with van der Waals surface area (Å²) in [5, 5.41) is 18.9. The van der Waals surface area contributed by atoms with Gasteiger partial charge in [0.15, 0.2) is 0 Å². The van der Waals surface area contributed by atoms with Crippen LogP contribution in [0.2, 0.25) is 46.0 Å². The fraction of sp³-hybridized carbons (Fsp3) is 0.329. The minimum atomic E-state index is -0.153. The standard InChI is InChI=1S/C17H20Cl2N4O2.C13H12Cl3N3O2.C10H12ClNO2.C10H13NO2.C8H10ClNO.C8H11NO.C6H4Cl2IN.C4H9N/c1-24-12-5-13(15(18)14(6-12)25-2)20-8-11-9-22-17(19)23-16(11)21-7-10-3-4-10;1-20-8-3-9(11(14)10(4-8)21-2)17-5-7-6-18-13(16)19-12(7)15;1-6-4-8(14-3)5-9(10(6)11)12-7(2)13;1-7-4-9(11-8(2)12)6-10(5-7)13-3;1-5-3-6(11-2)4-7(10)8(5)9;1-6-3-7(9)5-8(4-6)10-2;7-5-1-6(8)10-3-4(5)2-9;5-3-4-1-2-4/h5-6,9-10,20H,3-4,7-8H2,1-2H3,(H,21,22,23);3-4,6,17H,5H2,1-2H3;4-5H,1-3H3,(H,12,13);4-6H,1-3H3,(H,11,12);3-4H,10H2,1-2H3;3-5H,9H2,1-2H3;1,3H,2H2;4H,1-3,5H2. The Bertz CT molecular complexity index is 4380. The number of amides is 2. The molecule has 2 fully saturated rings. The SMILES string of the molecule is COc1cc(C)c(Cl)c(N)c1.COc1cc(C)c(Cl)c(NC(C)=O)c1.COc1cc(C)cc(N)c1.COc1cc(C)cc(NC(C)=O)c1.COc1cc(NCc2cnc(Cl)nc2Cl)c(Cl)c(OC)c1.COc1cc(NCc2cnc(Cl)nc2NCC2CC2)c(Cl)c(OC)c1.Clc1cc(Cl)c(CI)cn1.NCC1CC1. The maximum atomic E-state index is 10.9. The van der Waals surface area contributed by atoms with E-state index in [1.807, 2.05) is 70.2 Å². The van der Waals surface area contributed by atoms with Gasteiger partial charge in [-0.25, -0.2) is 24.9 Å². The van der Waals surface area contributed by atoms with Crippen molar-refractivity contribution in [3.63, 3.8) is 0 Å². The zero-order valence-corrected chi connectivity index (χ0v) is 71.7. The van der Waals surface area contributed by atoms with E-state index in [9.17, 15) is 9.59 Å². The Labute approximate surface area is 696 Å². The van der Waals surface area contributed by atoms with E-state index in [2.05, 4.69) is 74.1 Å². The minimum Gasteiger partial charge on any atom is -0.497 e. The molecule has 2 aliphatic rings. The molecule has 2 saturated carbocycles. The monoisotopic (exact) mass is 1790 g/mol. The maximum Gasteiger partial charge on any atom is 0.224 e. The van der Waals surface area contributed by atoms with Crippen LogP contribution in [0.1, 0.15) is 78.5 Å². The minimum absolute atomic E-state index is 0.0762. The van der Waals surface area contributed by atoms with Crippen molar-refractivity contribution in [2.75, 3.05) is 108 Å². The summed E-state index contributed by atoms with van der Waals surface area (Å²) in [5.74, 6) is 7.47. The number of benzene rings is 6. The lowest BCUT2D eigenvalue weighted by Gasteiger charge is -2.15. The van der Waals surface area contributed by atoms with Crippen molar-refractivity contribution in [3.8, 4) is 46.0 Å². The first-order chi connectivity index (χ1) is 51.8. The molecule has 2 aliphatic carbocycles. The maximum absolute atomic E-state index is 10.9. The van der Waals surface area contributed by atoms with Gasteiger partial charge in [0.1, 0.15) is 72.2 Å². The summed E-state index contributed by atoms with van der Waals surface area (Å²) < 4.78 is 41.9. The van der Waals surface area contributed by atoms with Crippen LogP contribution >= 0.6 is 127 Å². The van der Waals surface area contributed by atoms with Gasteiger partial charge in [-0.2, -0.15) is 0 Å². The second kappa shape index (κ2) is 48.8. The Morgan fingerprint density at radius 1 is 0.468 bits per heavy atom. The van der Waals surface area contributed by atoms with Crippen molar-refractivity contribution in [2.45, 2.75) is 84.7 Å². The molecule has 11 rings (SSSR count). The third-order valence-electron chi connectivity index (χ3n) is 15.0. The van der Waals surface area contributed by atoms with Gasteiger partial charge >= 0.3 is 0 Å². The van der Waals surface area contributed by atoms with E-state index in [1.165, 1.54) is 46.6 Å². The van der Waals surface area contributed by atoms with Crippen molar-refractivity contribution in [2.24, 2.45) is 17.6 Å². The number of ether oxygens (including phenoxy) is 8. The van der Waals surface area contributed by atoms with Crippen LogP contribution in [0.25, 0.3) is 0 Å². The number of carbonyl (C=O) groups excluding carboxylic acids is 2. The number of hydrogen-bond acceptors (Lipinski definition) is 21. The molecular weight excluding hydrogens is 1700 g/mol. The Kier molecular flexibility index (Phi) is 41.9.